The van der Waals surface area contributed by atoms with Crippen LogP contribution in [0.15, 0.2) is 42.5 Å². The first kappa shape index (κ1) is 18.3. The number of carbonyl (C=O) groups is 1. The Balaban J connectivity index is 2.05. The van der Waals surface area contributed by atoms with E-state index in [2.05, 4.69) is 12.2 Å². The van der Waals surface area contributed by atoms with Crippen molar-refractivity contribution in [2.75, 3.05) is 11.9 Å². The Morgan fingerprint density at radius 1 is 1.12 bits per heavy atom. The maximum Gasteiger partial charge on any atom is 0.259 e. The summed E-state index contributed by atoms with van der Waals surface area (Å²) < 4.78 is 5.81. The van der Waals surface area contributed by atoms with Crippen LogP contribution in [-0.2, 0) is 0 Å². The Labute approximate surface area is 149 Å². The molecule has 0 aliphatic carbocycles. The van der Waals surface area contributed by atoms with E-state index in [-0.39, 0.29) is 5.91 Å². The van der Waals surface area contributed by atoms with Crippen molar-refractivity contribution in [1.29, 1.82) is 0 Å². The number of amides is 1. The highest BCUT2D eigenvalue weighted by Gasteiger charge is 2.13. The van der Waals surface area contributed by atoms with Gasteiger partial charge in [0.2, 0.25) is 0 Å². The first-order valence-electron chi connectivity index (χ1n) is 8.41. The molecular weight excluding hydrogens is 322 g/mol. The van der Waals surface area contributed by atoms with Crippen molar-refractivity contribution in [2.45, 2.75) is 39.5 Å². The lowest BCUT2D eigenvalue weighted by molar-refractivity contribution is 0.102. The van der Waals surface area contributed by atoms with Crippen molar-refractivity contribution in [1.82, 2.24) is 0 Å². The molecule has 0 bridgehead atoms. The number of carbonyl (C=O) groups excluding carboxylic acids is 1. The van der Waals surface area contributed by atoms with Crippen molar-refractivity contribution in [3.63, 3.8) is 0 Å². The summed E-state index contributed by atoms with van der Waals surface area (Å²) in [6, 6.07) is 12.8. The van der Waals surface area contributed by atoms with Crippen LogP contribution in [0, 0.1) is 6.92 Å². The van der Waals surface area contributed by atoms with Gasteiger partial charge in [-0.2, -0.15) is 0 Å². The summed E-state index contributed by atoms with van der Waals surface area (Å²) in [5.74, 6) is 0.427. The normalized spacial score (nSPS) is 10.5. The molecule has 0 unspecified atom stereocenters. The van der Waals surface area contributed by atoms with Crippen LogP contribution in [0.5, 0.6) is 5.75 Å². The Bertz CT molecular complexity index is 685. The number of halogens is 1. The smallest absolute Gasteiger partial charge is 0.259 e. The summed E-state index contributed by atoms with van der Waals surface area (Å²) >= 11 is 6.01. The van der Waals surface area contributed by atoms with Crippen LogP contribution in [0.2, 0.25) is 5.02 Å². The largest absolute Gasteiger partial charge is 0.493 e. The predicted octanol–water partition coefficient (Wildman–Crippen LogP) is 5.86. The number of ether oxygens (including phenoxy) is 1. The lowest BCUT2D eigenvalue weighted by Gasteiger charge is -2.13. The monoisotopic (exact) mass is 345 g/mol. The van der Waals surface area contributed by atoms with Gasteiger partial charge in [-0.1, -0.05) is 56.0 Å². The molecule has 0 atom stereocenters. The van der Waals surface area contributed by atoms with Gasteiger partial charge in [0.25, 0.3) is 5.91 Å². The molecule has 0 fully saturated rings. The quantitative estimate of drug-likeness (QED) is 0.608. The Morgan fingerprint density at radius 3 is 2.71 bits per heavy atom. The van der Waals surface area contributed by atoms with Gasteiger partial charge in [0.1, 0.15) is 5.75 Å². The molecule has 0 aliphatic rings. The highest BCUT2D eigenvalue weighted by Crippen LogP contribution is 2.24. The van der Waals surface area contributed by atoms with Gasteiger partial charge in [0.15, 0.2) is 0 Å². The second-order valence-electron chi connectivity index (χ2n) is 5.82. The number of anilines is 1. The van der Waals surface area contributed by atoms with E-state index in [1.54, 1.807) is 18.2 Å². The molecule has 2 aromatic carbocycles. The van der Waals surface area contributed by atoms with E-state index in [1.807, 2.05) is 31.2 Å². The van der Waals surface area contributed by atoms with Crippen LogP contribution in [0.4, 0.5) is 5.69 Å². The molecule has 128 valence electrons. The van der Waals surface area contributed by atoms with Crippen molar-refractivity contribution >= 4 is 23.2 Å². The van der Waals surface area contributed by atoms with Gasteiger partial charge >= 0.3 is 0 Å². The topological polar surface area (TPSA) is 38.3 Å². The first-order valence-corrected chi connectivity index (χ1v) is 8.79. The number of benzene rings is 2. The van der Waals surface area contributed by atoms with Crippen molar-refractivity contribution in [2.24, 2.45) is 0 Å². The van der Waals surface area contributed by atoms with Crippen molar-refractivity contribution < 1.29 is 9.53 Å². The van der Waals surface area contributed by atoms with Gasteiger partial charge in [0, 0.05) is 10.7 Å². The SMILES string of the molecule is CCCCCCOc1ccccc1C(=O)Nc1cc(Cl)ccc1C. The van der Waals surface area contributed by atoms with Crippen molar-refractivity contribution in [3.05, 3.63) is 58.6 Å². The van der Waals surface area contributed by atoms with Crippen LogP contribution in [0.3, 0.4) is 0 Å². The molecule has 0 spiro atoms. The summed E-state index contributed by atoms with van der Waals surface area (Å²) in [5, 5.41) is 3.51. The average molecular weight is 346 g/mol. The highest BCUT2D eigenvalue weighted by atomic mass is 35.5. The molecule has 0 aromatic heterocycles. The van der Waals surface area contributed by atoms with Crippen LogP contribution in [-0.4, -0.2) is 12.5 Å². The number of unbranched alkanes of at least 4 members (excludes halogenated alkanes) is 3. The summed E-state index contributed by atoms with van der Waals surface area (Å²) in [4.78, 5) is 12.6. The number of hydrogen-bond acceptors (Lipinski definition) is 2. The van der Waals surface area contributed by atoms with E-state index in [9.17, 15) is 4.79 Å². The third-order valence-electron chi connectivity index (χ3n) is 3.83. The highest BCUT2D eigenvalue weighted by molar-refractivity contribution is 6.31. The molecule has 4 heteroatoms. The number of hydrogen-bond donors (Lipinski definition) is 1. The van der Waals surface area contributed by atoms with Gasteiger partial charge in [-0.15, -0.1) is 0 Å². The van der Waals surface area contributed by atoms with E-state index in [0.717, 1.165) is 18.4 Å². The standard InChI is InChI=1S/C20H24ClNO2/c1-3-4-5-8-13-24-19-10-7-6-9-17(19)20(23)22-18-14-16(21)12-11-15(18)2/h6-7,9-12,14H,3-5,8,13H2,1-2H3,(H,22,23). The van der Waals surface area contributed by atoms with E-state index < -0.39 is 0 Å². The minimum Gasteiger partial charge on any atom is -0.493 e. The molecular formula is C20H24ClNO2. The van der Waals surface area contributed by atoms with Crippen LogP contribution in [0.1, 0.15) is 48.5 Å². The minimum atomic E-state index is -0.190. The molecule has 1 N–H and O–H groups in total. The third-order valence-corrected chi connectivity index (χ3v) is 4.07. The lowest BCUT2D eigenvalue weighted by Crippen LogP contribution is -2.14. The fraction of sp³-hybridized carbons (Fsp3) is 0.350. The second kappa shape index (κ2) is 9.33. The van der Waals surface area contributed by atoms with E-state index in [1.165, 1.54) is 12.8 Å². The molecule has 0 heterocycles. The third kappa shape index (κ3) is 5.27. The maximum absolute atomic E-state index is 12.6. The fourth-order valence-electron chi connectivity index (χ4n) is 2.41. The number of para-hydroxylation sites is 1. The van der Waals surface area contributed by atoms with E-state index in [0.29, 0.717) is 28.6 Å². The van der Waals surface area contributed by atoms with Crippen LogP contribution < -0.4 is 10.1 Å². The maximum atomic E-state index is 12.6. The summed E-state index contributed by atoms with van der Waals surface area (Å²) in [6.07, 6.45) is 4.54. The molecule has 2 rings (SSSR count). The second-order valence-corrected chi connectivity index (χ2v) is 6.26. The van der Waals surface area contributed by atoms with Gasteiger partial charge in [-0.05, 0) is 43.2 Å². The molecule has 24 heavy (non-hydrogen) atoms. The number of nitrogens with one attached hydrogen (secondary N) is 1. The Morgan fingerprint density at radius 2 is 1.92 bits per heavy atom. The molecule has 0 saturated carbocycles. The van der Waals surface area contributed by atoms with Gasteiger partial charge < -0.3 is 10.1 Å². The lowest BCUT2D eigenvalue weighted by atomic mass is 10.1. The van der Waals surface area contributed by atoms with E-state index in [4.69, 9.17) is 16.3 Å². The number of rotatable bonds is 8. The van der Waals surface area contributed by atoms with Gasteiger partial charge in [-0.3, -0.25) is 4.79 Å². The first-order chi connectivity index (χ1) is 11.6. The molecule has 1 amide bonds. The Hall–Kier alpha value is -2.00. The zero-order chi connectivity index (χ0) is 17.4. The zero-order valence-electron chi connectivity index (χ0n) is 14.3. The van der Waals surface area contributed by atoms with Gasteiger partial charge in [-0.25, -0.2) is 0 Å². The summed E-state index contributed by atoms with van der Waals surface area (Å²) in [5.41, 5.74) is 2.21. The minimum absolute atomic E-state index is 0.190. The Kier molecular flexibility index (Phi) is 7.13. The molecule has 2 aromatic rings. The van der Waals surface area contributed by atoms with E-state index >= 15 is 0 Å². The van der Waals surface area contributed by atoms with Crippen LogP contribution >= 0.6 is 11.6 Å². The number of aryl methyl sites for hydroxylation is 1. The predicted molar refractivity (Wildman–Crippen MR) is 100 cm³/mol. The molecule has 0 aliphatic heterocycles. The van der Waals surface area contributed by atoms with Crippen LogP contribution in [0.25, 0.3) is 0 Å². The molecule has 0 radical (unpaired) electrons. The molecule has 3 nitrogen and oxygen atoms in total. The summed E-state index contributed by atoms with van der Waals surface area (Å²) in [7, 11) is 0. The zero-order valence-corrected chi connectivity index (χ0v) is 15.0. The van der Waals surface area contributed by atoms with Crippen molar-refractivity contribution in [3.8, 4) is 5.75 Å². The average Bonchev–Trinajstić information content (AvgIpc) is 2.58. The van der Waals surface area contributed by atoms with Gasteiger partial charge in [0.05, 0.1) is 12.2 Å². The molecule has 0 saturated heterocycles. The summed E-state index contributed by atoms with van der Waals surface area (Å²) in [6.45, 7) is 4.74. The fourth-order valence-corrected chi connectivity index (χ4v) is 2.58.